The third-order valence-corrected chi connectivity index (χ3v) is 6.34. The molecule has 0 aliphatic carbocycles. The number of fused-ring (bicyclic) bond motifs is 1. The molecule has 3 aromatic rings. The highest BCUT2D eigenvalue weighted by Crippen LogP contribution is 2.19. The molecule has 2 aromatic heterocycles. The van der Waals surface area contributed by atoms with Gasteiger partial charge in [0, 0.05) is 41.8 Å². The molecular formula is C26H31N7O9. The molecule has 0 spiro atoms. The average molecular weight is 586 g/mol. The number of aromatic nitrogens is 3. The predicted molar refractivity (Wildman–Crippen MR) is 145 cm³/mol. The van der Waals surface area contributed by atoms with Crippen LogP contribution in [0.1, 0.15) is 30.5 Å². The summed E-state index contributed by atoms with van der Waals surface area (Å²) in [4.78, 5) is 82.8. The van der Waals surface area contributed by atoms with Gasteiger partial charge in [0.05, 0.1) is 18.8 Å². The summed E-state index contributed by atoms with van der Waals surface area (Å²) in [6, 6.07) is 1.44. The fourth-order valence-corrected chi connectivity index (χ4v) is 4.19. The molecule has 0 saturated carbocycles. The highest BCUT2D eigenvalue weighted by Gasteiger charge is 2.32. The number of aromatic amines is 2. The Morgan fingerprint density at radius 2 is 1.50 bits per heavy atom. The third kappa shape index (κ3) is 8.88. The first kappa shape index (κ1) is 31.3. The number of benzene rings is 1. The third-order valence-electron chi connectivity index (χ3n) is 6.34. The lowest BCUT2D eigenvalue weighted by Crippen LogP contribution is -2.57. The van der Waals surface area contributed by atoms with Crippen LogP contribution in [0.5, 0.6) is 0 Å². The molecule has 4 unspecified atom stereocenters. The quantitative estimate of drug-likeness (QED) is 0.0971. The second-order valence-corrected chi connectivity index (χ2v) is 9.50. The zero-order valence-electron chi connectivity index (χ0n) is 22.2. The van der Waals surface area contributed by atoms with Gasteiger partial charge in [0.15, 0.2) is 0 Å². The zero-order valence-corrected chi connectivity index (χ0v) is 22.2. The van der Waals surface area contributed by atoms with Crippen LogP contribution < -0.4 is 21.7 Å². The fraction of sp³-hybridized carbons (Fsp3) is 0.346. The number of carbonyl (C=O) groups excluding carboxylic acids is 3. The van der Waals surface area contributed by atoms with E-state index in [1.165, 1.54) is 12.5 Å². The number of para-hydroxylation sites is 1. The maximum atomic E-state index is 13.1. The van der Waals surface area contributed by atoms with E-state index in [1.54, 1.807) is 6.20 Å². The van der Waals surface area contributed by atoms with E-state index in [2.05, 4.69) is 30.9 Å². The Morgan fingerprint density at radius 1 is 0.833 bits per heavy atom. The van der Waals surface area contributed by atoms with Crippen LogP contribution >= 0.6 is 0 Å². The molecule has 4 atom stereocenters. The van der Waals surface area contributed by atoms with Crippen LogP contribution in [0.4, 0.5) is 0 Å². The first-order valence-electron chi connectivity index (χ1n) is 12.8. The van der Waals surface area contributed by atoms with E-state index in [-0.39, 0.29) is 12.8 Å². The minimum Gasteiger partial charge on any atom is -0.481 e. The van der Waals surface area contributed by atoms with Crippen molar-refractivity contribution in [3.8, 4) is 0 Å². The molecular weight excluding hydrogens is 554 g/mol. The second-order valence-electron chi connectivity index (χ2n) is 9.50. The molecule has 0 fully saturated rings. The molecule has 16 heteroatoms. The van der Waals surface area contributed by atoms with Crippen LogP contribution in [0.3, 0.4) is 0 Å². The molecule has 0 bridgehead atoms. The number of hydrogen-bond acceptors (Lipinski definition) is 8. The summed E-state index contributed by atoms with van der Waals surface area (Å²) < 4.78 is 0. The maximum absolute atomic E-state index is 13.1. The smallest absolute Gasteiger partial charge is 0.326 e. The molecule has 0 radical (unpaired) electrons. The fourth-order valence-electron chi connectivity index (χ4n) is 4.19. The van der Waals surface area contributed by atoms with Gasteiger partial charge in [-0.25, -0.2) is 9.78 Å². The first-order chi connectivity index (χ1) is 19.9. The molecule has 3 amide bonds. The summed E-state index contributed by atoms with van der Waals surface area (Å²) >= 11 is 0. The van der Waals surface area contributed by atoms with Crippen molar-refractivity contribution >= 4 is 46.5 Å². The number of nitrogens with zero attached hydrogens (tertiary/aromatic N) is 1. The molecule has 3 rings (SSSR count). The van der Waals surface area contributed by atoms with Gasteiger partial charge in [0.25, 0.3) is 0 Å². The van der Waals surface area contributed by atoms with Crippen LogP contribution in [0.25, 0.3) is 10.9 Å². The van der Waals surface area contributed by atoms with Crippen molar-refractivity contribution in [3.05, 3.63) is 54.2 Å². The van der Waals surface area contributed by atoms with Gasteiger partial charge in [0.2, 0.25) is 17.7 Å². The lowest BCUT2D eigenvalue weighted by Gasteiger charge is -2.24. The van der Waals surface area contributed by atoms with E-state index >= 15 is 0 Å². The summed E-state index contributed by atoms with van der Waals surface area (Å²) in [5, 5.41) is 35.6. The largest absolute Gasteiger partial charge is 0.481 e. The molecule has 2 heterocycles. The summed E-state index contributed by atoms with van der Waals surface area (Å²) in [5.41, 5.74) is 7.99. The molecule has 224 valence electrons. The van der Waals surface area contributed by atoms with Gasteiger partial charge in [-0.15, -0.1) is 0 Å². The topological polar surface area (TPSA) is 270 Å². The van der Waals surface area contributed by atoms with Crippen LogP contribution in [-0.2, 0) is 41.6 Å². The van der Waals surface area contributed by atoms with Crippen molar-refractivity contribution in [2.45, 2.75) is 56.3 Å². The molecule has 16 nitrogen and oxygen atoms in total. The van der Waals surface area contributed by atoms with Crippen molar-refractivity contribution in [3.63, 3.8) is 0 Å². The highest BCUT2D eigenvalue weighted by atomic mass is 16.4. The number of aliphatic carboxylic acids is 3. The molecule has 42 heavy (non-hydrogen) atoms. The summed E-state index contributed by atoms with van der Waals surface area (Å²) in [6.45, 7) is 0. The van der Waals surface area contributed by atoms with Crippen LogP contribution in [0.2, 0.25) is 0 Å². The van der Waals surface area contributed by atoms with Crippen LogP contribution in [0.15, 0.2) is 43.0 Å². The van der Waals surface area contributed by atoms with E-state index < -0.39 is 79.1 Å². The number of carbonyl (C=O) groups is 6. The number of H-pyrrole nitrogens is 2. The van der Waals surface area contributed by atoms with Gasteiger partial charge < -0.3 is 47.0 Å². The number of carboxylic acid groups (broad SMARTS) is 3. The Kier molecular flexibility index (Phi) is 10.7. The van der Waals surface area contributed by atoms with Crippen molar-refractivity contribution in [2.24, 2.45) is 5.73 Å². The minimum absolute atomic E-state index is 0.0633. The second kappa shape index (κ2) is 14.4. The van der Waals surface area contributed by atoms with Crippen molar-refractivity contribution in [2.75, 3.05) is 0 Å². The number of nitrogens with two attached hydrogens (primary N) is 1. The van der Waals surface area contributed by atoms with Gasteiger partial charge in [-0.3, -0.25) is 24.0 Å². The normalized spacial score (nSPS) is 13.8. The van der Waals surface area contributed by atoms with Gasteiger partial charge in [-0.2, -0.15) is 0 Å². The van der Waals surface area contributed by atoms with E-state index in [9.17, 15) is 39.0 Å². The lowest BCUT2D eigenvalue weighted by atomic mass is 10.0. The Labute approximate surface area is 238 Å². The van der Waals surface area contributed by atoms with Crippen LogP contribution in [0, 0.1) is 0 Å². The van der Waals surface area contributed by atoms with E-state index in [0.29, 0.717) is 5.69 Å². The number of carboxylic acids is 3. The highest BCUT2D eigenvalue weighted by molar-refractivity contribution is 5.96. The summed E-state index contributed by atoms with van der Waals surface area (Å²) in [7, 11) is 0. The molecule has 10 N–H and O–H groups in total. The molecule has 0 aliphatic heterocycles. The monoisotopic (exact) mass is 585 g/mol. The van der Waals surface area contributed by atoms with Gasteiger partial charge in [0.1, 0.15) is 18.1 Å². The lowest BCUT2D eigenvalue weighted by molar-refractivity contribution is -0.143. The summed E-state index contributed by atoms with van der Waals surface area (Å²) in [5.74, 6) is -7.10. The first-order valence-corrected chi connectivity index (χ1v) is 12.8. The Balaban J connectivity index is 1.71. The van der Waals surface area contributed by atoms with E-state index in [1.807, 2.05) is 24.3 Å². The number of nitrogens with one attached hydrogen (secondary N) is 5. The van der Waals surface area contributed by atoms with E-state index in [0.717, 1.165) is 16.5 Å². The summed E-state index contributed by atoms with van der Waals surface area (Å²) in [6.07, 6.45) is 2.33. The minimum atomic E-state index is -1.68. The Bertz CT molecular complexity index is 1440. The van der Waals surface area contributed by atoms with E-state index in [4.69, 9.17) is 10.8 Å². The molecule has 0 aliphatic rings. The van der Waals surface area contributed by atoms with Gasteiger partial charge in [-0.05, 0) is 24.5 Å². The number of imidazole rings is 1. The number of rotatable bonds is 16. The Hall–Kier alpha value is -5.25. The van der Waals surface area contributed by atoms with Crippen LogP contribution in [-0.4, -0.2) is 90.1 Å². The standard InChI is InChI=1S/C26H31N7O9/c27-16(7-13-10-29-17-4-2-1-3-15(13)17)23(38)32-19(9-22(36)37)25(40)31-18(5-6-21(34)35)24(39)33-20(26(41)42)8-14-11-28-12-30-14/h1-4,10-12,16,18-20,29H,5-9,27H2,(H,28,30)(H,31,40)(H,32,38)(H,33,39)(H,34,35)(H,36,37)(H,41,42). The van der Waals surface area contributed by atoms with Gasteiger partial charge in [-0.1, -0.05) is 18.2 Å². The number of hydrogen-bond donors (Lipinski definition) is 9. The van der Waals surface area contributed by atoms with Gasteiger partial charge >= 0.3 is 17.9 Å². The average Bonchev–Trinajstić information content (AvgIpc) is 3.59. The van der Waals surface area contributed by atoms with Crippen molar-refractivity contribution < 1.29 is 44.1 Å². The van der Waals surface area contributed by atoms with Crippen molar-refractivity contribution in [1.29, 1.82) is 0 Å². The maximum Gasteiger partial charge on any atom is 0.326 e. The molecule has 0 saturated heterocycles. The Morgan fingerprint density at radius 3 is 2.14 bits per heavy atom. The predicted octanol–water partition coefficient (Wildman–Crippen LogP) is -1.12. The zero-order chi connectivity index (χ0) is 30.8. The van der Waals surface area contributed by atoms with Crippen molar-refractivity contribution in [1.82, 2.24) is 30.9 Å². The number of amides is 3. The molecule has 1 aromatic carbocycles. The SMILES string of the molecule is NC(Cc1c[nH]c2ccccc12)C(=O)NC(CC(=O)O)C(=O)NC(CCC(=O)O)C(=O)NC(Cc1cnc[nH]1)C(=O)O.